The fourth-order valence-electron chi connectivity index (χ4n) is 1.04. The van der Waals surface area contributed by atoms with E-state index in [4.69, 9.17) is 9.84 Å². The Morgan fingerprint density at radius 2 is 1.93 bits per heavy atom. The summed E-state index contributed by atoms with van der Waals surface area (Å²) < 4.78 is 4.90. The quantitative estimate of drug-likeness (QED) is 0.521. The molecule has 15 heavy (non-hydrogen) atoms. The van der Waals surface area contributed by atoms with Crippen LogP contribution in [0.25, 0.3) is 0 Å². The SMILES string of the molecule is CC(C)=CCC/C(C)=C/COCC(=O)O. The van der Waals surface area contributed by atoms with E-state index < -0.39 is 5.97 Å². The lowest BCUT2D eigenvalue weighted by atomic mass is 10.1. The van der Waals surface area contributed by atoms with Gasteiger partial charge >= 0.3 is 5.97 Å². The van der Waals surface area contributed by atoms with Crippen LogP contribution in [0.2, 0.25) is 0 Å². The van der Waals surface area contributed by atoms with Crippen molar-refractivity contribution in [1.82, 2.24) is 0 Å². The third-order valence-corrected chi connectivity index (χ3v) is 1.87. The molecule has 0 heterocycles. The van der Waals surface area contributed by atoms with Gasteiger partial charge in [0.05, 0.1) is 6.61 Å². The van der Waals surface area contributed by atoms with E-state index in [1.807, 2.05) is 13.0 Å². The lowest BCUT2D eigenvalue weighted by Gasteiger charge is -2.00. The van der Waals surface area contributed by atoms with Gasteiger partial charge in [-0.2, -0.15) is 0 Å². The van der Waals surface area contributed by atoms with E-state index >= 15 is 0 Å². The first-order chi connectivity index (χ1) is 7.02. The van der Waals surface area contributed by atoms with Gasteiger partial charge in [0.15, 0.2) is 0 Å². The number of carbonyl (C=O) groups is 1. The summed E-state index contributed by atoms with van der Waals surface area (Å²) in [5.74, 6) is -0.925. The van der Waals surface area contributed by atoms with Crippen molar-refractivity contribution >= 4 is 5.97 Å². The molecule has 0 rings (SSSR count). The molecule has 0 aromatic carbocycles. The van der Waals surface area contributed by atoms with E-state index in [2.05, 4.69) is 19.9 Å². The number of hydrogen-bond donors (Lipinski definition) is 1. The van der Waals surface area contributed by atoms with E-state index in [-0.39, 0.29) is 6.61 Å². The van der Waals surface area contributed by atoms with Crippen LogP contribution in [0.15, 0.2) is 23.3 Å². The highest BCUT2D eigenvalue weighted by Gasteiger charge is 1.94. The maximum absolute atomic E-state index is 10.1. The summed E-state index contributed by atoms with van der Waals surface area (Å²) in [6.07, 6.45) is 6.16. The van der Waals surface area contributed by atoms with Crippen LogP contribution in [0, 0.1) is 0 Å². The second kappa shape index (κ2) is 8.24. The van der Waals surface area contributed by atoms with Gasteiger partial charge in [0.25, 0.3) is 0 Å². The summed E-state index contributed by atoms with van der Waals surface area (Å²) in [5, 5.41) is 8.33. The molecule has 86 valence electrons. The number of carboxylic acid groups (broad SMARTS) is 1. The molecule has 0 saturated heterocycles. The van der Waals surface area contributed by atoms with Gasteiger partial charge in [-0.05, 0) is 33.6 Å². The fourth-order valence-corrected chi connectivity index (χ4v) is 1.04. The number of hydrogen-bond acceptors (Lipinski definition) is 2. The van der Waals surface area contributed by atoms with Crippen molar-refractivity contribution in [3.05, 3.63) is 23.3 Å². The van der Waals surface area contributed by atoms with E-state index in [0.29, 0.717) is 6.61 Å². The highest BCUT2D eigenvalue weighted by Crippen LogP contribution is 2.06. The second-order valence-corrected chi connectivity index (χ2v) is 3.78. The van der Waals surface area contributed by atoms with Crippen molar-refractivity contribution in [2.24, 2.45) is 0 Å². The first-order valence-corrected chi connectivity index (χ1v) is 5.11. The second-order valence-electron chi connectivity index (χ2n) is 3.78. The molecule has 0 aliphatic heterocycles. The lowest BCUT2D eigenvalue weighted by molar-refractivity contribution is -0.141. The van der Waals surface area contributed by atoms with Crippen molar-refractivity contribution in [2.45, 2.75) is 33.6 Å². The molecule has 0 fully saturated rings. The maximum Gasteiger partial charge on any atom is 0.329 e. The Morgan fingerprint density at radius 1 is 1.27 bits per heavy atom. The lowest BCUT2D eigenvalue weighted by Crippen LogP contribution is -2.06. The first-order valence-electron chi connectivity index (χ1n) is 5.11. The Hall–Kier alpha value is -1.09. The zero-order valence-electron chi connectivity index (χ0n) is 9.75. The van der Waals surface area contributed by atoms with Crippen LogP contribution in [0.5, 0.6) is 0 Å². The topological polar surface area (TPSA) is 46.5 Å². The van der Waals surface area contributed by atoms with Crippen LogP contribution in [-0.4, -0.2) is 24.3 Å². The van der Waals surface area contributed by atoms with Gasteiger partial charge in [0, 0.05) is 0 Å². The molecule has 0 bridgehead atoms. The van der Waals surface area contributed by atoms with Crippen LogP contribution < -0.4 is 0 Å². The Balaban J connectivity index is 3.61. The zero-order valence-corrected chi connectivity index (χ0v) is 9.75. The largest absolute Gasteiger partial charge is 0.480 e. The average molecular weight is 212 g/mol. The van der Waals surface area contributed by atoms with Crippen molar-refractivity contribution in [2.75, 3.05) is 13.2 Å². The van der Waals surface area contributed by atoms with Crippen LogP contribution in [-0.2, 0) is 9.53 Å². The number of rotatable bonds is 7. The molecule has 0 unspecified atom stereocenters. The molecule has 0 amide bonds. The van der Waals surface area contributed by atoms with Crippen molar-refractivity contribution < 1.29 is 14.6 Å². The minimum atomic E-state index is -0.925. The molecule has 0 aliphatic rings. The fraction of sp³-hybridized carbons (Fsp3) is 0.583. The summed E-state index contributed by atoms with van der Waals surface area (Å²) >= 11 is 0. The van der Waals surface area contributed by atoms with Crippen molar-refractivity contribution in [3.63, 3.8) is 0 Å². The molecule has 0 atom stereocenters. The zero-order chi connectivity index (χ0) is 11.7. The van der Waals surface area contributed by atoms with E-state index in [9.17, 15) is 4.79 Å². The van der Waals surface area contributed by atoms with Gasteiger partial charge in [-0.15, -0.1) is 0 Å². The minimum Gasteiger partial charge on any atom is -0.480 e. The Kier molecular flexibility index (Phi) is 7.64. The number of carboxylic acids is 1. The number of aliphatic carboxylic acids is 1. The van der Waals surface area contributed by atoms with Gasteiger partial charge in [0.1, 0.15) is 6.61 Å². The third-order valence-electron chi connectivity index (χ3n) is 1.87. The molecular formula is C12H20O3. The Morgan fingerprint density at radius 3 is 2.47 bits per heavy atom. The Bertz CT molecular complexity index is 248. The van der Waals surface area contributed by atoms with E-state index in [0.717, 1.165) is 12.8 Å². The summed E-state index contributed by atoms with van der Waals surface area (Å²) in [6, 6.07) is 0. The summed E-state index contributed by atoms with van der Waals surface area (Å²) in [7, 11) is 0. The van der Waals surface area contributed by atoms with E-state index in [1.54, 1.807) is 0 Å². The van der Waals surface area contributed by atoms with Gasteiger partial charge < -0.3 is 9.84 Å². The molecule has 1 N–H and O–H groups in total. The van der Waals surface area contributed by atoms with Gasteiger partial charge in [-0.1, -0.05) is 23.3 Å². The molecular weight excluding hydrogens is 192 g/mol. The van der Waals surface area contributed by atoms with Gasteiger partial charge in [-0.25, -0.2) is 4.79 Å². The van der Waals surface area contributed by atoms with Crippen molar-refractivity contribution in [3.8, 4) is 0 Å². The highest BCUT2D eigenvalue weighted by atomic mass is 16.5. The summed E-state index contributed by atoms with van der Waals surface area (Å²) in [4.78, 5) is 10.1. The maximum atomic E-state index is 10.1. The predicted octanol–water partition coefficient (Wildman–Crippen LogP) is 2.78. The van der Waals surface area contributed by atoms with Crippen LogP contribution in [0.1, 0.15) is 33.6 Å². The first kappa shape index (κ1) is 13.9. The molecule has 0 radical (unpaired) electrons. The Labute approximate surface area is 91.4 Å². The molecule has 0 spiro atoms. The smallest absolute Gasteiger partial charge is 0.329 e. The third kappa shape index (κ3) is 10.8. The average Bonchev–Trinajstić information content (AvgIpc) is 2.11. The molecule has 0 aromatic heterocycles. The van der Waals surface area contributed by atoms with E-state index in [1.165, 1.54) is 11.1 Å². The molecule has 3 heteroatoms. The van der Waals surface area contributed by atoms with Crippen molar-refractivity contribution in [1.29, 1.82) is 0 Å². The molecule has 0 saturated carbocycles. The highest BCUT2D eigenvalue weighted by molar-refractivity contribution is 5.67. The summed E-state index contributed by atoms with van der Waals surface area (Å²) in [5.41, 5.74) is 2.56. The van der Waals surface area contributed by atoms with Crippen LogP contribution in [0.3, 0.4) is 0 Å². The minimum absolute atomic E-state index is 0.224. The van der Waals surface area contributed by atoms with Crippen LogP contribution >= 0.6 is 0 Å². The summed E-state index contributed by atoms with van der Waals surface area (Å²) in [6.45, 7) is 6.34. The predicted molar refractivity (Wildman–Crippen MR) is 60.9 cm³/mol. The van der Waals surface area contributed by atoms with Gasteiger partial charge in [-0.3, -0.25) is 0 Å². The number of ether oxygens (including phenoxy) is 1. The molecule has 0 aliphatic carbocycles. The van der Waals surface area contributed by atoms with Crippen LogP contribution in [0.4, 0.5) is 0 Å². The monoisotopic (exact) mass is 212 g/mol. The molecule has 3 nitrogen and oxygen atoms in total. The van der Waals surface area contributed by atoms with Gasteiger partial charge in [0.2, 0.25) is 0 Å². The standard InChI is InChI=1S/C12H20O3/c1-10(2)5-4-6-11(3)7-8-15-9-12(13)14/h5,7H,4,6,8-9H2,1-3H3,(H,13,14)/b11-7+. The number of allylic oxidation sites excluding steroid dienone is 3. The molecule has 0 aromatic rings. The normalized spacial score (nSPS) is 11.3.